The lowest BCUT2D eigenvalue weighted by Crippen LogP contribution is -2.19. The van der Waals surface area contributed by atoms with E-state index >= 15 is 0 Å². The van der Waals surface area contributed by atoms with E-state index in [1.807, 2.05) is 16.7 Å². The van der Waals surface area contributed by atoms with Gasteiger partial charge in [-0.05, 0) is 31.6 Å². The van der Waals surface area contributed by atoms with E-state index in [2.05, 4.69) is 16.8 Å². The Balaban J connectivity index is 2.08. The largest absolute Gasteiger partial charge is 0.465 e. The number of likely N-dealkylation sites (N-methyl/N-ethyl adjacent to an activating group) is 1. The second kappa shape index (κ2) is 5.66. The molecule has 5 nitrogen and oxygen atoms in total. The number of methoxy groups -OCH3 is 1. The molecule has 2 aromatic heterocycles. The van der Waals surface area contributed by atoms with Gasteiger partial charge in [-0.25, -0.2) is 9.78 Å². The molecule has 1 fully saturated rings. The Hall–Kier alpha value is -1.59. The average Bonchev–Trinajstić information content (AvgIpc) is 3.11. The van der Waals surface area contributed by atoms with Gasteiger partial charge in [0.1, 0.15) is 5.82 Å². The van der Waals surface area contributed by atoms with Crippen LogP contribution in [-0.4, -0.2) is 47.0 Å². The van der Waals surface area contributed by atoms with E-state index in [9.17, 15) is 4.79 Å². The number of likely N-dealkylation sites (tertiary alicyclic amines) is 1. The molecule has 1 aliphatic heterocycles. The summed E-state index contributed by atoms with van der Waals surface area (Å²) < 4.78 is 6.75. The molecular formula is C15H18ClN3O2. The number of imidazole rings is 1. The molecule has 0 saturated carbocycles. The van der Waals surface area contributed by atoms with Gasteiger partial charge in [-0.3, -0.25) is 0 Å². The summed E-state index contributed by atoms with van der Waals surface area (Å²) in [6.07, 6.45) is 2.97. The summed E-state index contributed by atoms with van der Waals surface area (Å²) in [6.45, 7) is 5.26. The molecule has 0 aromatic carbocycles. The predicted octanol–water partition coefficient (Wildman–Crippen LogP) is 2.58. The Morgan fingerprint density at radius 1 is 1.57 bits per heavy atom. The third kappa shape index (κ3) is 2.40. The fourth-order valence-electron chi connectivity index (χ4n) is 3.01. The van der Waals surface area contributed by atoms with E-state index in [0.717, 1.165) is 31.9 Å². The van der Waals surface area contributed by atoms with Gasteiger partial charge in [0.05, 0.1) is 18.2 Å². The third-order valence-corrected chi connectivity index (χ3v) is 4.40. The molecule has 0 bridgehead atoms. The van der Waals surface area contributed by atoms with Crippen molar-refractivity contribution in [3.8, 4) is 0 Å². The van der Waals surface area contributed by atoms with Crippen molar-refractivity contribution in [2.45, 2.75) is 19.3 Å². The molecule has 0 aliphatic carbocycles. The summed E-state index contributed by atoms with van der Waals surface area (Å²) in [5, 5.41) is 0.362. The van der Waals surface area contributed by atoms with Crippen molar-refractivity contribution in [2.24, 2.45) is 0 Å². The zero-order valence-electron chi connectivity index (χ0n) is 12.2. The number of ether oxygens (including phenoxy) is 1. The Morgan fingerprint density at radius 2 is 2.38 bits per heavy atom. The number of nitrogens with zero attached hydrogens (tertiary/aromatic N) is 3. The van der Waals surface area contributed by atoms with Crippen LogP contribution in [0.15, 0.2) is 18.3 Å². The lowest BCUT2D eigenvalue weighted by Gasteiger charge is -2.12. The van der Waals surface area contributed by atoms with Gasteiger partial charge in [0, 0.05) is 18.7 Å². The van der Waals surface area contributed by atoms with Crippen LogP contribution in [0.3, 0.4) is 0 Å². The molecule has 1 saturated heterocycles. The van der Waals surface area contributed by atoms with Gasteiger partial charge in [0.15, 0.2) is 5.15 Å². The van der Waals surface area contributed by atoms with Crippen molar-refractivity contribution in [2.75, 3.05) is 26.7 Å². The number of aromatic nitrogens is 2. The van der Waals surface area contributed by atoms with Gasteiger partial charge in [0.2, 0.25) is 0 Å². The number of pyridine rings is 1. The minimum Gasteiger partial charge on any atom is -0.465 e. The van der Waals surface area contributed by atoms with Crippen LogP contribution in [0.5, 0.6) is 0 Å². The minimum absolute atomic E-state index is 0.345. The van der Waals surface area contributed by atoms with Crippen molar-refractivity contribution in [3.63, 3.8) is 0 Å². The zero-order valence-corrected chi connectivity index (χ0v) is 12.9. The highest BCUT2D eigenvalue weighted by Crippen LogP contribution is 2.31. The van der Waals surface area contributed by atoms with Gasteiger partial charge in [-0.15, -0.1) is 0 Å². The molecule has 6 heteroatoms. The highest BCUT2D eigenvalue weighted by Gasteiger charge is 2.28. The van der Waals surface area contributed by atoms with Gasteiger partial charge >= 0.3 is 5.97 Å². The maximum Gasteiger partial charge on any atom is 0.340 e. The van der Waals surface area contributed by atoms with Crippen LogP contribution in [0.4, 0.5) is 0 Å². The van der Waals surface area contributed by atoms with Crippen LogP contribution in [0.2, 0.25) is 5.15 Å². The Bertz CT molecular complexity index is 683. The van der Waals surface area contributed by atoms with E-state index < -0.39 is 5.97 Å². The number of carbonyl (C=O) groups excluding carboxylic acids is 1. The zero-order chi connectivity index (χ0) is 15.0. The van der Waals surface area contributed by atoms with Crippen LogP contribution in [0.25, 0.3) is 5.52 Å². The summed E-state index contributed by atoms with van der Waals surface area (Å²) in [7, 11) is 1.37. The normalized spacial score (nSPS) is 19.3. The molecule has 0 N–H and O–H groups in total. The molecule has 3 rings (SSSR count). The van der Waals surface area contributed by atoms with Crippen LogP contribution in [0, 0.1) is 0 Å². The lowest BCUT2D eigenvalue weighted by molar-refractivity contribution is 0.0602. The van der Waals surface area contributed by atoms with Gasteiger partial charge in [0.25, 0.3) is 0 Å². The molecule has 0 amide bonds. The highest BCUT2D eigenvalue weighted by atomic mass is 35.5. The maximum atomic E-state index is 11.9. The Kier molecular flexibility index (Phi) is 3.87. The monoisotopic (exact) mass is 307 g/mol. The molecule has 0 radical (unpaired) electrons. The van der Waals surface area contributed by atoms with Crippen LogP contribution in [-0.2, 0) is 4.74 Å². The van der Waals surface area contributed by atoms with E-state index in [1.165, 1.54) is 7.11 Å². The Labute approximate surface area is 128 Å². The van der Waals surface area contributed by atoms with Gasteiger partial charge < -0.3 is 14.0 Å². The maximum absolute atomic E-state index is 11.9. The van der Waals surface area contributed by atoms with Crippen molar-refractivity contribution in [1.82, 2.24) is 14.3 Å². The number of carbonyl (C=O) groups is 1. The summed E-state index contributed by atoms with van der Waals surface area (Å²) >= 11 is 6.28. The first-order valence-corrected chi connectivity index (χ1v) is 7.50. The molecule has 0 spiro atoms. The fraction of sp³-hybridized carbons (Fsp3) is 0.467. The van der Waals surface area contributed by atoms with Crippen molar-refractivity contribution in [3.05, 3.63) is 34.9 Å². The van der Waals surface area contributed by atoms with Crippen molar-refractivity contribution in [1.29, 1.82) is 0 Å². The number of esters is 1. The van der Waals surface area contributed by atoms with Gasteiger partial charge in [-0.1, -0.05) is 18.5 Å². The number of hydrogen-bond acceptors (Lipinski definition) is 4. The molecule has 1 unspecified atom stereocenters. The van der Waals surface area contributed by atoms with E-state index in [4.69, 9.17) is 16.3 Å². The van der Waals surface area contributed by atoms with Gasteiger partial charge in [-0.2, -0.15) is 0 Å². The van der Waals surface area contributed by atoms with E-state index in [-0.39, 0.29) is 0 Å². The average molecular weight is 308 g/mol. The van der Waals surface area contributed by atoms with Crippen LogP contribution >= 0.6 is 11.6 Å². The minimum atomic E-state index is -0.393. The fourth-order valence-corrected chi connectivity index (χ4v) is 3.29. The van der Waals surface area contributed by atoms with Crippen molar-refractivity contribution >= 4 is 23.1 Å². The molecule has 112 valence electrons. The molecule has 3 heterocycles. The summed E-state index contributed by atoms with van der Waals surface area (Å²) in [5.74, 6) is 0.880. The Morgan fingerprint density at radius 3 is 3.05 bits per heavy atom. The van der Waals surface area contributed by atoms with E-state index in [0.29, 0.717) is 22.2 Å². The first-order valence-electron chi connectivity index (χ1n) is 7.12. The van der Waals surface area contributed by atoms with Crippen LogP contribution < -0.4 is 0 Å². The van der Waals surface area contributed by atoms with E-state index in [1.54, 1.807) is 6.07 Å². The predicted molar refractivity (Wildman–Crippen MR) is 81.0 cm³/mol. The summed E-state index contributed by atoms with van der Waals surface area (Å²) in [6, 6.07) is 3.54. The number of halogens is 1. The van der Waals surface area contributed by atoms with Crippen molar-refractivity contribution < 1.29 is 9.53 Å². The second-order valence-corrected chi connectivity index (χ2v) is 5.63. The number of hydrogen-bond donors (Lipinski definition) is 0. The molecule has 1 atom stereocenters. The lowest BCUT2D eigenvalue weighted by atomic mass is 10.1. The standard InChI is InChI=1S/C15H18ClN3O2/c1-3-18-8-6-10(9-18)14-17-13(16)12-11(15(20)21-2)5-4-7-19(12)14/h4-5,7,10H,3,6,8-9H2,1-2H3. The smallest absolute Gasteiger partial charge is 0.340 e. The number of rotatable bonds is 3. The van der Waals surface area contributed by atoms with Crippen LogP contribution in [0.1, 0.15) is 35.4 Å². The second-order valence-electron chi connectivity index (χ2n) is 5.27. The molecular weight excluding hydrogens is 290 g/mol. The topological polar surface area (TPSA) is 46.8 Å². The molecule has 1 aliphatic rings. The first kappa shape index (κ1) is 14.4. The quantitative estimate of drug-likeness (QED) is 0.818. The first-order chi connectivity index (χ1) is 10.2. The molecule has 21 heavy (non-hydrogen) atoms. The third-order valence-electron chi connectivity index (χ3n) is 4.14. The summed E-state index contributed by atoms with van der Waals surface area (Å²) in [4.78, 5) is 18.8. The molecule has 2 aromatic rings. The highest BCUT2D eigenvalue weighted by molar-refractivity contribution is 6.33. The number of fused-ring (bicyclic) bond motifs is 1. The SMILES string of the molecule is CCN1CCC(c2nc(Cl)c3c(C(=O)OC)cccn23)C1. The summed E-state index contributed by atoms with van der Waals surface area (Å²) in [5.41, 5.74) is 1.09.